The topological polar surface area (TPSA) is 67.9 Å². The highest BCUT2D eigenvalue weighted by atomic mass is 19.1. The van der Waals surface area contributed by atoms with Gasteiger partial charge in [-0.15, -0.1) is 15.3 Å². The average Bonchev–Trinajstić information content (AvgIpc) is 3.14. The summed E-state index contributed by atoms with van der Waals surface area (Å²) in [5.41, 5.74) is 1.72. The molecule has 2 atom stereocenters. The Balaban J connectivity index is 1.74. The molecule has 0 bridgehead atoms. The van der Waals surface area contributed by atoms with E-state index in [-0.39, 0.29) is 17.2 Å². The van der Waals surface area contributed by atoms with E-state index in [2.05, 4.69) is 27.3 Å². The van der Waals surface area contributed by atoms with Crippen LogP contribution in [0.25, 0.3) is 11.3 Å². The summed E-state index contributed by atoms with van der Waals surface area (Å²) in [5.74, 6) is -0.0188. The van der Waals surface area contributed by atoms with E-state index in [9.17, 15) is 8.78 Å². The normalized spacial score (nSPS) is 18.8. The highest BCUT2D eigenvalue weighted by Gasteiger charge is 2.33. The standard InChI is InChI=1S/C21H23F2N5O/c1-4-12-8-13-10-17(19-15(22)6-5-7-16(19)23)24-26-20(13)14(9-12)21-27-25-18(29-21)11-28(2)3/h5-7,10,12,14H,4,8-9,11H2,1-3H3. The Kier molecular flexibility index (Phi) is 5.36. The van der Waals surface area contributed by atoms with Crippen molar-refractivity contribution in [2.75, 3.05) is 14.1 Å². The molecule has 2 unspecified atom stereocenters. The number of fused-ring (bicyclic) bond motifs is 1. The van der Waals surface area contributed by atoms with Crippen molar-refractivity contribution in [2.45, 2.75) is 38.6 Å². The van der Waals surface area contributed by atoms with Gasteiger partial charge in [0.25, 0.3) is 0 Å². The third-order valence-corrected chi connectivity index (χ3v) is 5.34. The number of halogens is 2. The minimum atomic E-state index is -0.649. The molecule has 2 heterocycles. The van der Waals surface area contributed by atoms with Gasteiger partial charge in [0.15, 0.2) is 0 Å². The van der Waals surface area contributed by atoms with Gasteiger partial charge in [-0.2, -0.15) is 5.10 Å². The number of nitrogens with zero attached hydrogens (tertiary/aromatic N) is 5. The third kappa shape index (κ3) is 3.89. The van der Waals surface area contributed by atoms with Crippen molar-refractivity contribution < 1.29 is 13.2 Å². The largest absolute Gasteiger partial charge is 0.423 e. The molecule has 0 amide bonds. The molecule has 0 N–H and O–H groups in total. The Hall–Kier alpha value is -2.74. The molecule has 1 aromatic carbocycles. The summed E-state index contributed by atoms with van der Waals surface area (Å²) in [4.78, 5) is 1.95. The van der Waals surface area contributed by atoms with Crippen molar-refractivity contribution >= 4 is 0 Å². The number of rotatable bonds is 5. The van der Waals surface area contributed by atoms with Crippen LogP contribution in [0.15, 0.2) is 28.7 Å². The van der Waals surface area contributed by atoms with Crippen LogP contribution in [0.3, 0.4) is 0 Å². The highest BCUT2D eigenvalue weighted by molar-refractivity contribution is 5.61. The van der Waals surface area contributed by atoms with Crippen LogP contribution in [0, 0.1) is 17.6 Å². The molecule has 1 aliphatic carbocycles. The highest BCUT2D eigenvalue weighted by Crippen LogP contribution is 2.40. The number of benzene rings is 1. The van der Waals surface area contributed by atoms with Crippen LogP contribution in [-0.2, 0) is 13.0 Å². The first-order valence-corrected chi connectivity index (χ1v) is 9.74. The molecule has 0 aliphatic heterocycles. The van der Waals surface area contributed by atoms with Gasteiger partial charge >= 0.3 is 0 Å². The lowest BCUT2D eigenvalue weighted by Gasteiger charge is -2.28. The van der Waals surface area contributed by atoms with Crippen LogP contribution in [0.2, 0.25) is 0 Å². The van der Waals surface area contributed by atoms with Crippen LogP contribution < -0.4 is 0 Å². The quantitative estimate of drug-likeness (QED) is 0.647. The van der Waals surface area contributed by atoms with Gasteiger partial charge in [-0.1, -0.05) is 19.4 Å². The fourth-order valence-corrected chi connectivity index (χ4v) is 3.87. The van der Waals surface area contributed by atoms with Crippen LogP contribution >= 0.6 is 0 Å². The van der Waals surface area contributed by atoms with E-state index >= 15 is 0 Å². The van der Waals surface area contributed by atoms with Crippen LogP contribution in [0.4, 0.5) is 8.78 Å². The molecule has 0 radical (unpaired) electrons. The van der Waals surface area contributed by atoms with E-state index in [0.29, 0.717) is 24.2 Å². The Morgan fingerprint density at radius 2 is 1.86 bits per heavy atom. The molecule has 152 valence electrons. The SMILES string of the molecule is CCC1Cc2cc(-c3c(F)cccc3F)nnc2C(c2nnc(CN(C)C)o2)C1. The lowest BCUT2D eigenvalue weighted by Crippen LogP contribution is -2.22. The molecule has 0 fully saturated rings. The van der Waals surface area contributed by atoms with Gasteiger partial charge in [-0.05, 0) is 56.6 Å². The maximum atomic E-state index is 14.2. The molecule has 4 rings (SSSR count). The molecule has 3 aromatic rings. The monoisotopic (exact) mass is 399 g/mol. The number of hydrogen-bond donors (Lipinski definition) is 0. The van der Waals surface area contributed by atoms with Crippen LogP contribution in [-0.4, -0.2) is 39.4 Å². The molecule has 2 aromatic heterocycles. The maximum absolute atomic E-state index is 14.2. The van der Waals surface area contributed by atoms with Crippen molar-refractivity contribution in [3.05, 3.63) is 58.9 Å². The minimum Gasteiger partial charge on any atom is -0.423 e. The van der Waals surface area contributed by atoms with E-state index in [1.807, 2.05) is 19.0 Å². The second-order valence-electron chi connectivity index (χ2n) is 7.78. The Labute approximate surface area is 168 Å². The summed E-state index contributed by atoms with van der Waals surface area (Å²) in [5, 5.41) is 16.9. The fourth-order valence-electron chi connectivity index (χ4n) is 3.87. The van der Waals surface area contributed by atoms with E-state index in [0.717, 1.165) is 30.5 Å². The predicted molar refractivity (Wildman–Crippen MR) is 103 cm³/mol. The lowest BCUT2D eigenvalue weighted by molar-refractivity contribution is 0.313. The Morgan fingerprint density at radius 3 is 2.55 bits per heavy atom. The van der Waals surface area contributed by atoms with Gasteiger partial charge in [0.2, 0.25) is 11.8 Å². The summed E-state index contributed by atoms with van der Waals surface area (Å²) in [6.07, 6.45) is 2.58. The van der Waals surface area contributed by atoms with Gasteiger partial charge in [-0.25, -0.2) is 8.78 Å². The van der Waals surface area contributed by atoms with Crippen LogP contribution in [0.5, 0.6) is 0 Å². The maximum Gasteiger partial charge on any atom is 0.230 e. The van der Waals surface area contributed by atoms with Gasteiger partial charge < -0.3 is 9.32 Å². The molecule has 0 saturated carbocycles. The van der Waals surface area contributed by atoms with Crippen molar-refractivity contribution in [3.63, 3.8) is 0 Å². The molecule has 0 saturated heterocycles. The molecule has 8 heteroatoms. The fraction of sp³-hybridized carbons (Fsp3) is 0.429. The second-order valence-corrected chi connectivity index (χ2v) is 7.78. The molecule has 6 nitrogen and oxygen atoms in total. The van der Waals surface area contributed by atoms with E-state index in [4.69, 9.17) is 4.42 Å². The molecule has 1 aliphatic rings. The first kappa shape index (κ1) is 19.6. The van der Waals surface area contributed by atoms with E-state index in [1.165, 1.54) is 18.2 Å². The Bertz CT molecular complexity index is 1000. The number of hydrogen-bond acceptors (Lipinski definition) is 6. The summed E-state index contributed by atoms with van der Waals surface area (Å²) >= 11 is 0. The summed E-state index contributed by atoms with van der Waals surface area (Å²) in [7, 11) is 3.86. The zero-order valence-corrected chi connectivity index (χ0v) is 16.7. The molecule has 0 spiro atoms. The smallest absolute Gasteiger partial charge is 0.230 e. The average molecular weight is 399 g/mol. The van der Waals surface area contributed by atoms with Crippen molar-refractivity contribution in [2.24, 2.45) is 5.92 Å². The van der Waals surface area contributed by atoms with Gasteiger partial charge in [-0.3, -0.25) is 0 Å². The molecular formula is C21H23F2N5O. The third-order valence-electron chi connectivity index (χ3n) is 5.34. The lowest BCUT2D eigenvalue weighted by atomic mass is 9.78. The first-order valence-electron chi connectivity index (χ1n) is 9.74. The van der Waals surface area contributed by atoms with Gasteiger partial charge in [0.05, 0.1) is 29.4 Å². The van der Waals surface area contributed by atoms with Crippen molar-refractivity contribution in [3.8, 4) is 11.3 Å². The first-order chi connectivity index (χ1) is 14.0. The zero-order valence-electron chi connectivity index (χ0n) is 16.7. The predicted octanol–water partition coefficient (Wildman–Crippen LogP) is 3.97. The van der Waals surface area contributed by atoms with E-state index in [1.54, 1.807) is 6.07 Å². The number of aromatic nitrogens is 4. The summed E-state index contributed by atoms with van der Waals surface area (Å²) in [6.45, 7) is 2.69. The Morgan fingerprint density at radius 1 is 1.10 bits per heavy atom. The minimum absolute atomic E-state index is 0.149. The summed E-state index contributed by atoms with van der Waals surface area (Å²) in [6, 6.07) is 5.53. The van der Waals surface area contributed by atoms with Gasteiger partial charge in [0, 0.05) is 0 Å². The van der Waals surface area contributed by atoms with Crippen molar-refractivity contribution in [1.29, 1.82) is 0 Å². The second kappa shape index (κ2) is 7.94. The molecular weight excluding hydrogens is 376 g/mol. The van der Waals surface area contributed by atoms with Gasteiger partial charge in [0.1, 0.15) is 11.6 Å². The zero-order chi connectivity index (χ0) is 20.5. The molecule has 29 heavy (non-hydrogen) atoms. The summed E-state index contributed by atoms with van der Waals surface area (Å²) < 4.78 is 34.3. The van der Waals surface area contributed by atoms with Crippen molar-refractivity contribution in [1.82, 2.24) is 25.3 Å². The van der Waals surface area contributed by atoms with E-state index < -0.39 is 11.6 Å². The van der Waals surface area contributed by atoms with Crippen LogP contribution in [0.1, 0.15) is 48.7 Å².